The second-order valence-corrected chi connectivity index (χ2v) is 3.21. The van der Waals surface area contributed by atoms with Crippen LogP contribution in [0.1, 0.15) is 0 Å². The zero-order valence-corrected chi connectivity index (χ0v) is 9.74. The minimum absolute atomic E-state index is 0.0226. The maximum atomic E-state index is 11.9. The fourth-order valence-electron chi connectivity index (χ4n) is 1.07. The summed E-state index contributed by atoms with van der Waals surface area (Å²) in [4.78, 5) is 0. The van der Waals surface area contributed by atoms with Crippen LogP contribution >= 0.6 is 0 Å². The Hall–Kier alpha value is -2.78. The van der Waals surface area contributed by atoms with Crippen molar-refractivity contribution in [3.05, 3.63) is 24.3 Å². The van der Waals surface area contributed by atoms with Gasteiger partial charge in [0.15, 0.2) is 0 Å². The Morgan fingerprint density at radius 1 is 1.10 bits per heavy atom. The average molecular weight is 290 g/mol. The number of hydrazone groups is 1. The second kappa shape index (κ2) is 6.97. The summed E-state index contributed by atoms with van der Waals surface area (Å²) in [5.74, 6) is -0.374. The van der Waals surface area contributed by atoms with Crippen molar-refractivity contribution in [1.29, 1.82) is 0 Å². The van der Waals surface area contributed by atoms with Gasteiger partial charge in [-0.05, 0) is 24.3 Å². The number of halogens is 3. The zero-order valence-electron chi connectivity index (χ0n) is 9.74. The molecule has 0 aliphatic heterocycles. The maximum Gasteiger partial charge on any atom is 0.573 e. The van der Waals surface area contributed by atoms with Gasteiger partial charge in [0, 0.05) is 0 Å². The molecule has 1 aromatic rings. The summed E-state index contributed by atoms with van der Waals surface area (Å²) in [6.07, 6.45) is -2.99. The number of oxime groups is 2. The molecule has 0 fully saturated rings. The average Bonchev–Trinajstić information content (AvgIpc) is 2.36. The molecule has 0 saturated heterocycles. The molecule has 0 aromatic heterocycles. The van der Waals surface area contributed by atoms with E-state index in [0.717, 1.165) is 24.6 Å². The largest absolute Gasteiger partial charge is 0.573 e. The maximum absolute atomic E-state index is 11.9. The fraction of sp³-hybridized carbons (Fsp3) is 0.100. The van der Waals surface area contributed by atoms with E-state index in [1.807, 2.05) is 0 Å². The predicted octanol–water partition coefficient (Wildman–Crippen LogP) is 2.27. The third-order valence-electron chi connectivity index (χ3n) is 1.78. The Labute approximate surface area is 110 Å². The van der Waals surface area contributed by atoms with Gasteiger partial charge in [0.1, 0.15) is 11.5 Å². The van der Waals surface area contributed by atoms with Crippen molar-refractivity contribution in [3.8, 4) is 5.75 Å². The van der Waals surface area contributed by atoms with Crippen LogP contribution in [-0.4, -0.2) is 34.9 Å². The van der Waals surface area contributed by atoms with Crippen molar-refractivity contribution in [2.75, 3.05) is 5.43 Å². The first kappa shape index (κ1) is 15.3. The van der Waals surface area contributed by atoms with Crippen LogP contribution in [0.25, 0.3) is 0 Å². The second-order valence-electron chi connectivity index (χ2n) is 3.21. The summed E-state index contributed by atoms with van der Waals surface area (Å²) in [6, 6.07) is 4.75. The van der Waals surface area contributed by atoms with Gasteiger partial charge in [0.2, 0.25) is 0 Å². The first-order chi connectivity index (χ1) is 9.44. The van der Waals surface area contributed by atoms with Gasteiger partial charge in [-0.15, -0.1) is 13.2 Å². The van der Waals surface area contributed by atoms with Crippen molar-refractivity contribution in [1.82, 2.24) is 0 Å². The SMILES string of the molecule is O/N=C/C(/C=N/O)=NNc1ccc(OC(F)(F)F)cc1. The molecule has 0 aliphatic carbocycles. The van der Waals surface area contributed by atoms with Crippen molar-refractivity contribution >= 4 is 23.8 Å². The molecule has 0 radical (unpaired) electrons. The molecule has 7 nitrogen and oxygen atoms in total. The number of nitrogens with zero attached hydrogens (tertiary/aromatic N) is 3. The minimum Gasteiger partial charge on any atom is -0.411 e. The van der Waals surface area contributed by atoms with Gasteiger partial charge in [-0.25, -0.2) is 0 Å². The quantitative estimate of drug-likeness (QED) is 0.440. The molecule has 108 valence electrons. The van der Waals surface area contributed by atoms with E-state index in [-0.39, 0.29) is 11.5 Å². The van der Waals surface area contributed by atoms with Crippen molar-refractivity contribution in [2.45, 2.75) is 6.36 Å². The summed E-state index contributed by atoms with van der Waals surface area (Å²) in [6.45, 7) is 0. The Balaban J connectivity index is 2.72. The van der Waals surface area contributed by atoms with Gasteiger partial charge in [-0.1, -0.05) is 10.3 Å². The lowest BCUT2D eigenvalue weighted by atomic mass is 10.3. The van der Waals surface area contributed by atoms with E-state index in [0.29, 0.717) is 5.69 Å². The highest BCUT2D eigenvalue weighted by atomic mass is 19.4. The first-order valence-corrected chi connectivity index (χ1v) is 4.99. The van der Waals surface area contributed by atoms with Gasteiger partial charge in [-0.3, -0.25) is 5.43 Å². The van der Waals surface area contributed by atoms with Crippen molar-refractivity contribution in [2.24, 2.45) is 15.4 Å². The zero-order chi connectivity index (χ0) is 15.0. The highest BCUT2D eigenvalue weighted by Gasteiger charge is 2.30. The number of benzene rings is 1. The number of anilines is 1. The monoisotopic (exact) mass is 290 g/mol. The number of hydrogen-bond donors (Lipinski definition) is 3. The summed E-state index contributed by atoms with van der Waals surface area (Å²) >= 11 is 0. The van der Waals surface area contributed by atoms with E-state index < -0.39 is 6.36 Å². The van der Waals surface area contributed by atoms with Crippen LogP contribution in [0, 0.1) is 0 Å². The molecule has 20 heavy (non-hydrogen) atoms. The lowest BCUT2D eigenvalue weighted by Crippen LogP contribution is -2.17. The molecule has 1 aromatic carbocycles. The smallest absolute Gasteiger partial charge is 0.411 e. The Morgan fingerprint density at radius 2 is 1.65 bits per heavy atom. The van der Waals surface area contributed by atoms with E-state index in [9.17, 15) is 13.2 Å². The molecule has 10 heteroatoms. The predicted molar refractivity (Wildman–Crippen MR) is 64.7 cm³/mol. The Morgan fingerprint density at radius 3 is 2.10 bits per heavy atom. The number of alkyl halides is 3. The third kappa shape index (κ3) is 5.71. The third-order valence-corrected chi connectivity index (χ3v) is 1.78. The molecule has 0 unspecified atom stereocenters. The summed E-state index contributed by atoms with van der Waals surface area (Å²) < 4.78 is 39.5. The lowest BCUT2D eigenvalue weighted by Gasteiger charge is -2.09. The van der Waals surface area contributed by atoms with Crippen LogP contribution in [0.15, 0.2) is 39.7 Å². The molecule has 0 bridgehead atoms. The van der Waals surface area contributed by atoms with Gasteiger partial charge < -0.3 is 15.2 Å². The van der Waals surface area contributed by atoms with E-state index in [1.165, 1.54) is 12.1 Å². The topological polar surface area (TPSA) is 98.8 Å². The van der Waals surface area contributed by atoms with E-state index in [4.69, 9.17) is 10.4 Å². The summed E-state index contributed by atoms with van der Waals surface area (Å²) in [5, 5.41) is 25.6. The summed E-state index contributed by atoms with van der Waals surface area (Å²) in [5.41, 5.74) is 2.77. The molecule has 0 atom stereocenters. The van der Waals surface area contributed by atoms with E-state index in [2.05, 4.69) is 25.6 Å². The van der Waals surface area contributed by atoms with Crippen LogP contribution in [0.2, 0.25) is 0 Å². The van der Waals surface area contributed by atoms with Gasteiger partial charge >= 0.3 is 6.36 Å². The molecule has 0 spiro atoms. The van der Waals surface area contributed by atoms with Gasteiger partial charge in [0.25, 0.3) is 0 Å². The summed E-state index contributed by atoms with van der Waals surface area (Å²) in [7, 11) is 0. The molecule has 0 aliphatic rings. The van der Waals surface area contributed by atoms with E-state index in [1.54, 1.807) is 0 Å². The fourth-order valence-corrected chi connectivity index (χ4v) is 1.07. The van der Waals surface area contributed by atoms with Crippen LogP contribution in [0.5, 0.6) is 5.75 Å². The number of ether oxygens (including phenoxy) is 1. The van der Waals surface area contributed by atoms with Gasteiger partial charge in [0.05, 0.1) is 18.1 Å². The van der Waals surface area contributed by atoms with E-state index >= 15 is 0 Å². The van der Waals surface area contributed by atoms with Crippen LogP contribution in [0.4, 0.5) is 18.9 Å². The molecule has 1 rings (SSSR count). The van der Waals surface area contributed by atoms with Crippen molar-refractivity contribution < 1.29 is 28.3 Å². The molecule has 0 saturated carbocycles. The lowest BCUT2D eigenvalue weighted by molar-refractivity contribution is -0.274. The van der Waals surface area contributed by atoms with Crippen molar-refractivity contribution in [3.63, 3.8) is 0 Å². The number of nitrogens with one attached hydrogen (secondary N) is 1. The first-order valence-electron chi connectivity index (χ1n) is 4.99. The van der Waals surface area contributed by atoms with Crippen LogP contribution < -0.4 is 10.2 Å². The van der Waals surface area contributed by atoms with Crippen LogP contribution in [0.3, 0.4) is 0 Å². The number of rotatable bonds is 5. The molecule has 0 amide bonds. The minimum atomic E-state index is -4.75. The van der Waals surface area contributed by atoms with Crippen LogP contribution in [-0.2, 0) is 0 Å². The normalized spacial score (nSPS) is 11.8. The molecular formula is C10H9F3N4O3. The highest BCUT2D eigenvalue weighted by Crippen LogP contribution is 2.23. The molecule has 0 heterocycles. The highest BCUT2D eigenvalue weighted by molar-refractivity contribution is 6.55. The molecular weight excluding hydrogens is 281 g/mol. The van der Waals surface area contributed by atoms with Gasteiger partial charge in [-0.2, -0.15) is 5.10 Å². The Kier molecular flexibility index (Phi) is 5.32. The standard InChI is InChI=1S/C10H9F3N4O3/c11-10(12,13)20-9-3-1-7(2-4-9)16-17-8(5-14-18)6-15-19/h1-6,16,18-19H/b14-5+,15-6+. The number of hydrogen-bond acceptors (Lipinski definition) is 7. The molecule has 3 N–H and O–H groups in total. The Bertz CT molecular complexity index is 497.